The van der Waals surface area contributed by atoms with Gasteiger partial charge in [-0.3, -0.25) is 9.80 Å². The second-order valence-corrected chi connectivity index (χ2v) is 4.83. The van der Waals surface area contributed by atoms with Gasteiger partial charge in [-0.15, -0.1) is 11.8 Å². The van der Waals surface area contributed by atoms with Gasteiger partial charge in [-0.2, -0.15) is 0 Å². The number of hydrogen-bond donors (Lipinski definition) is 0. The molecule has 3 heteroatoms. The third-order valence-electron chi connectivity index (χ3n) is 2.88. The number of piperidine rings is 1. The van der Waals surface area contributed by atoms with Crippen molar-refractivity contribution in [1.29, 1.82) is 0 Å². The minimum absolute atomic E-state index is 0.746. The number of thioether (sulfide) groups is 1. The van der Waals surface area contributed by atoms with Crippen molar-refractivity contribution in [3.05, 3.63) is 0 Å². The molecule has 2 fully saturated rings. The molecule has 0 bridgehead atoms. The zero-order chi connectivity index (χ0) is 8.39. The minimum atomic E-state index is 0.746. The largest absolute Gasteiger partial charge is 0.287 e. The lowest BCUT2D eigenvalue weighted by atomic mass is 10.1. The second-order valence-electron chi connectivity index (χ2n) is 3.83. The van der Waals surface area contributed by atoms with E-state index in [1.54, 1.807) is 0 Å². The predicted octanol–water partition coefficient (Wildman–Crippen LogP) is 1.43. The number of rotatable bonds is 1. The summed E-state index contributed by atoms with van der Waals surface area (Å²) < 4.78 is 0. The Balaban J connectivity index is 1.89. The summed E-state index contributed by atoms with van der Waals surface area (Å²) in [6.45, 7) is 2.66. The van der Waals surface area contributed by atoms with Crippen molar-refractivity contribution in [1.82, 2.24) is 9.80 Å². The van der Waals surface area contributed by atoms with Crippen molar-refractivity contribution in [2.75, 3.05) is 31.8 Å². The fourth-order valence-corrected chi connectivity index (χ4v) is 3.36. The van der Waals surface area contributed by atoms with Crippen molar-refractivity contribution in [2.24, 2.45) is 0 Å². The molecule has 0 aromatic rings. The Kier molecular flexibility index (Phi) is 2.94. The minimum Gasteiger partial charge on any atom is -0.287 e. The van der Waals surface area contributed by atoms with Gasteiger partial charge in [0.05, 0.1) is 6.17 Å². The summed E-state index contributed by atoms with van der Waals surface area (Å²) in [5.41, 5.74) is 0. The Morgan fingerprint density at radius 1 is 1.17 bits per heavy atom. The topological polar surface area (TPSA) is 6.48 Å². The van der Waals surface area contributed by atoms with Crippen LogP contribution in [0, 0.1) is 0 Å². The van der Waals surface area contributed by atoms with Gasteiger partial charge in [0, 0.05) is 11.6 Å². The highest BCUT2D eigenvalue weighted by atomic mass is 32.2. The van der Waals surface area contributed by atoms with E-state index in [4.69, 9.17) is 0 Å². The molecule has 0 saturated carbocycles. The van der Waals surface area contributed by atoms with Crippen molar-refractivity contribution in [2.45, 2.75) is 25.4 Å². The quantitative estimate of drug-likeness (QED) is 0.612. The highest BCUT2D eigenvalue weighted by Crippen LogP contribution is 2.24. The fraction of sp³-hybridized carbons (Fsp3) is 1.00. The van der Waals surface area contributed by atoms with Crippen molar-refractivity contribution in [3.8, 4) is 0 Å². The molecule has 1 atom stereocenters. The summed E-state index contributed by atoms with van der Waals surface area (Å²) >= 11 is 2.07. The molecule has 0 spiro atoms. The summed E-state index contributed by atoms with van der Waals surface area (Å²) in [5, 5.41) is 0. The van der Waals surface area contributed by atoms with Crippen LogP contribution in [-0.4, -0.2) is 47.7 Å². The average Bonchev–Trinajstić information content (AvgIpc) is 2.53. The first-order chi connectivity index (χ1) is 5.88. The normalized spacial score (nSPS) is 34.2. The zero-order valence-corrected chi connectivity index (χ0v) is 8.65. The third-order valence-corrected chi connectivity index (χ3v) is 4.01. The summed E-state index contributed by atoms with van der Waals surface area (Å²) in [4.78, 5) is 5.14. The van der Waals surface area contributed by atoms with E-state index in [9.17, 15) is 0 Å². The van der Waals surface area contributed by atoms with Crippen LogP contribution in [0.3, 0.4) is 0 Å². The van der Waals surface area contributed by atoms with Crippen LogP contribution in [0.4, 0.5) is 0 Å². The van der Waals surface area contributed by atoms with Crippen LogP contribution in [0.25, 0.3) is 0 Å². The molecule has 0 aromatic carbocycles. The van der Waals surface area contributed by atoms with Crippen molar-refractivity contribution < 1.29 is 0 Å². The molecule has 0 aromatic heterocycles. The van der Waals surface area contributed by atoms with Gasteiger partial charge in [-0.25, -0.2) is 0 Å². The Morgan fingerprint density at radius 2 is 1.92 bits per heavy atom. The van der Waals surface area contributed by atoms with E-state index in [0.717, 1.165) is 6.17 Å². The zero-order valence-electron chi connectivity index (χ0n) is 7.83. The number of nitrogens with zero attached hydrogens (tertiary/aromatic N) is 2. The molecular formula is C9H18N2S. The summed E-state index contributed by atoms with van der Waals surface area (Å²) in [7, 11) is 2.25. The van der Waals surface area contributed by atoms with E-state index >= 15 is 0 Å². The van der Waals surface area contributed by atoms with Gasteiger partial charge in [0.25, 0.3) is 0 Å². The number of hydrogen-bond acceptors (Lipinski definition) is 3. The molecule has 0 amide bonds. The molecule has 2 heterocycles. The Bertz CT molecular complexity index is 145. The summed E-state index contributed by atoms with van der Waals surface area (Å²) in [6, 6.07) is 0. The van der Waals surface area contributed by atoms with Crippen LogP contribution in [0.2, 0.25) is 0 Å². The van der Waals surface area contributed by atoms with Gasteiger partial charge in [-0.1, -0.05) is 6.42 Å². The monoisotopic (exact) mass is 186 g/mol. The van der Waals surface area contributed by atoms with Gasteiger partial charge < -0.3 is 0 Å². The smallest absolute Gasteiger partial charge is 0.0720 e. The first-order valence-electron chi connectivity index (χ1n) is 4.90. The van der Waals surface area contributed by atoms with Gasteiger partial charge in [0.15, 0.2) is 0 Å². The molecule has 12 heavy (non-hydrogen) atoms. The van der Waals surface area contributed by atoms with Crippen molar-refractivity contribution >= 4 is 11.8 Å². The van der Waals surface area contributed by atoms with Crippen LogP contribution < -0.4 is 0 Å². The molecule has 2 nitrogen and oxygen atoms in total. The van der Waals surface area contributed by atoms with Gasteiger partial charge in [0.1, 0.15) is 0 Å². The van der Waals surface area contributed by atoms with Crippen LogP contribution in [0.1, 0.15) is 19.3 Å². The summed E-state index contributed by atoms with van der Waals surface area (Å²) in [5.74, 6) is 2.54. The molecule has 2 saturated heterocycles. The molecule has 0 N–H and O–H groups in total. The molecule has 2 rings (SSSR count). The lowest BCUT2D eigenvalue weighted by Gasteiger charge is -2.35. The highest BCUT2D eigenvalue weighted by Gasteiger charge is 2.27. The van der Waals surface area contributed by atoms with Crippen LogP contribution in [0.15, 0.2) is 0 Å². The standard InChI is InChI=1S/C9H18N2S/c1-10-8-12-7-9(10)11-5-3-2-4-6-11/h9H,2-8H2,1H3. The first-order valence-corrected chi connectivity index (χ1v) is 6.05. The lowest BCUT2D eigenvalue weighted by Crippen LogP contribution is -2.46. The number of likely N-dealkylation sites (tertiary alicyclic amines) is 1. The van der Waals surface area contributed by atoms with Crippen LogP contribution in [-0.2, 0) is 0 Å². The maximum Gasteiger partial charge on any atom is 0.0720 e. The molecular weight excluding hydrogens is 168 g/mol. The summed E-state index contributed by atoms with van der Waals surface area (Å²) in [6.07, 6.45) is 5.01. The average molecular weight is 186 g/mol. The Morgan fingerprint density at radius 3 is 2.50 bits per heavy atom. The van der Waals surface area contributed by atoms with Gasteiger partial charge >= 0.3 is 0 Å². The predicted molar refractivity (Wildman–Crippen MR) is 54.3 cm³/mol. The van der Waals surface area contributed by atoms with E-state index in [1.807, 2.05) is 0 Å². The maximum atomic E-state index is 2.66. The maximum absolute atomic E-state index is 2.66. The van der Waals surface area contributed by atoms with E-state index in [-0.39, 0.29) is 0 Å². The van der Waals surface area contributed by atoms with Crippen LogP contribution >= 0.6 is 11.8 Å². The van der Waals surface area contributed by atoms with E-state index in [2.05, 4.69) is 28.6 Å². The van der Waals surface area contributed by atoms with E-state index in [0.29, 0.717) is 0 Å². The Labute approximate surface area is 79.3 Å². The molecule has 70 valence electrons. The van der Waals surface area contributed by atoms with Gasteiger partial charge in [0.2, 0.25) is 0 Å². The Hall–Kier alpha value is 0.270. The van der Waals surface area contributed by atoms with E-state index < -0.39 is 0 Å². The molecule has 0 radical (unpaired) electrons. The molecule has 2 aliphatic heterocycles. The fourth-order valence-electron chi connectivity index (χ4n) is 2.12. The lowest BCUT2D eigenvalue weighted by molar-refractivity contribution is 0.0829. The second kappa shape index (κ2) is 3.99. The molecule has 2 aliphatic rings. The van der Waals surface area contributed by atoms with Gasteiger partial charge in [-0.05, 0) is 33.0 Å². The highest BCUT2D eigenvalue weighted by molar-refractivity contribution is 7.99. The molecule has 1 unspecified atom stereocenters. The van der Waals surface area contributed by atoms with E-state index in [1.165, 1.54) is 44.0 Å². The van der Waals surface area contributed by atoms with Crippen molar-refractivity contribution in [3.63, 3.8) is 0 Å². The van der Waals surface area contributed by atoms with Crippen LogP contribution in [0.5, 0.6) is 0 Å². The molecule has 0 aliphatic carbocycles. The third kappa shape index (κ3) is 1.78. The first kappa shape index (κ1) is 8.85. The SMILES string of the molecule is CN1CSCC1N1CCCCC1.